The van der Waals surface area contributed by atoms with Crippen LogP contribution in [0.15, 0.2) is 24.3 Å². The molecule has 1 rings (SSSR count). The van der Waals surface area contributed by atoms with E-state index in [0.717, 1.165) is 0 Å². The van der Waals surface area contributed by atoms with Crippen LogP contribution in [0.5, 0.6) is 11.5 Å². The zero-order valence-corrected chi connectivity index (χ0v) is 12.0. The van der Waals surface area contributed by atoms with E-state index in [1.165, 1.54) is 0 Å². The van der Waals surface area contributed by atoms with Gasteiger partial charge in [0, 0.05) is 13.0 Å². The number of ether oxygens (including phenoxy) is 2. The van der Waals surface area contributed by atoms with Crippen LogP contribution in [0.25, 0.3) is 0 Å². The van der Waals surface area contributed by atoms with Crippen molar-refractivity contribution in [3.63, 3.8) is 0 Å². The minimum absolute atomic E-state index is 0. The van der Waals surface area contributed by atoms with E-state index in [4.69, 9.17) is 15.2 Å². The molecule has 1 amide bonds. The van der Waals surface area contributed by atoms with Crippen molar-refractivity contribution >= 4 is 18.3 Å². The van der Waals surface area contributed by atoms with E-state index in [9.17, 15) is 4.79 Å². The number of para-hydroxylation sites is 2. The topological polar surface area (TPSA) is 73.6 Å². The van der Waals surface area contributed by atoms with Crippen LogP contribution in [0.1, 0.15) is 13.3 Å². The van der Waals surface area contributed by atoms with Crippen molar-refractivity contribution in [1.29, 1.82) is 0 Å². The van der Waals surface area contributed by atoms with E-state index in [-0.39, 0.29) is 24.4 Å². The molecule has 5 nitrogen and oxygen atoms in total. The fraction of sp³-hybridized carbons (Fsp3) is 0.462. The Morgan fingerprint density at radius 2 is 2.00 bits per heavy atom. The van der Waals surface area contributed by atoms with Gasteiger partial charge in [0.05, 0.1) is 13.7 Å². The summed E-state index contributed by atoms with van der Waals surface area (Å²) in [7, 11) is 1.59. The number of carbonyl (C=O) groups is 1. The summed E-state index contributed by atoms with van der Waals surface area (Å²) in [6.45, 7) is 2.68. The number of hydrogen-bond donors (Lipinski definition) is 2. The van der Waals surface area contributed by atoms with E-state index in [0.29, 0.717) is 31.0 Å². The lowest BCUT2D eigenvalue weighted by molar-refractivity contribution is -0.121. The molecule has 1 aromatic rings. The van der Waals surface area contributed by atoms with Crippen molar-refractivity contribution < 1.29 is 14.3 Å². The molecule has 0 saturated heterocycles. The molecule has 1 aromatic carbocycles. The summed E-state index contributed by atoms with van der Waals surface area (Å²) < 4.78 is 10.9. The van der Waals surface area contributed by atoms with Crippen LogP contribution in [0.3, 0.4) is 0 Å². The van der Waals surface area contributed by atoms with Crippen LogP contribution < -0.4 is 20.5 Å². The normalized spacial score (nSPS) is 11.1. The second kappa shape index (κ2) is 9.47. The molecule has 3 N–H and O–H groups in total. The standard InChI is InChI=1S/C13H20N2O3.ClH/c1-10(9-15-13(16)7-8-14)18-12-6-4-3-5-11(12)17-2;/h3-6,10H,7-9,14H2,1-2H3,(H,15,16);1H. The van der Waals surface area contributed by atoms with Crippen molar-refractivity contribution in [3.05, 3.63) is 24.3 Å². The summed E-state index contributed by atoms with van der Waals surface area (Å²) in [6.07, 6.45) is 0.199. The van der Waals surface area contributed by atoms with Gasteiger partial charge in [-0.3, -0.25) is 4.79 Å². The molecule has 1 unspecified atom stereocenters. The maximum atomic E-state index is 11.3. The molecule has 0 fully saturated rings. The molecule has 19 heavy (non-hydrogen) atoms. The first-order chi connectivity index (χ1) is 8.67. The predicted molar refractivity (Wildman–Crippen MR) is 77.0 cm³/mol. The Kier molecular flexibility index (Phi) is 8.74. The number of nitrogens with one attached hydrogen (secondary N) is 1. The van der Waals surface area contributed by atoms with Gasteiger partial charge in [-0.25, -0.2) is 0 Å². The molecule has 6 heteroatoms. The second-order valence-electron chi connectivity index (χ2n) is 3.92. The molecule has 0 aliphatic heterocycles. The minimum atomic E-state index is -0.136. The van der Waals surface area contributed by atoms with Crippen LogP contribution in [0.2, 0.25) is 0 Å². The molecule has 0 radical (unpaired) electrons. The van der Waals surface area contributed by atoms with Crippen molar-refractivity contribution in [1.82, 2.24) is 5.32 Å². The monoisotopic (exact) mass is 288 g/mol. The average Bonchev–Trinajstić information content (AvgIpc) is 2.37. The predicted octanol–water partition coefficient (Wildman–Crippen LogP) is 1.35. The highest BCUT2D eigenvalue weighted by molar-refractivity contribution is 5.85. The second-order valence-corrected chi connectivity index (χ2v) is 3.92. The van der Waals surface area contributed by atoms with Crippen molar-refractivity contribution in [2.45, 2.75) is 19.4 Å². The van der Waals surface area contributed by atoms with Crippen LogP contribution >= 0.6 is 12.4 Å². The smallest absolute Gasteiger partial charge is 0.221 e. The molecule has 108 valence electrons. The third-order valence-corrected chi connectivity index (χ3v) is 2.36. The minimum Gasteiger partial charge on any atom is -0.493 e. The van der Waals surface area contributed by atoms with Crippen LogP contribution in [-0.4, -0.2) is 32.2 Å². The number of carbonyl (C=O) groups excluding carboxylic acids is 1. The zero-order chi connectivity index (χ0) is 13.4. The van der Waals surface area contributed by atoms with Gasteiger partial charge in [0.1, 0.15) is 6.10 Å². The van der Waals surface area contributed by atoms with Gasteiger partial charge < -0.3 is 20.5 Å². The molecule has 0 bridgehead atoms. The zero-order valence-electron chi connectivity index (χ0n) is 11.2. The highest BCUT2D eigenvalue weighted by Gasteiger charge is 2.09. The summed E-state index contributed by atoms with van der Waals surface area (Å²) >= 11 is 0. The number of amides is 1. The van der Waals surface area contributed by atoms with Crippen molar-refractivity contribution in [2.75, 3.05) is 20.2 Å². The first-order valence-corrected chi connectivity index (χ1v) is 5.93. The Balaban J connectivity index is 0.00000324. The van der Waals surface area contributed by atoms with Gasteiger partial charge in [0.2, 0.25) is 5.91 Å². The number of benzene rings is 1. The van der Waals surface area contributed by atoms with Crippen molar-refractivity contribution in [3.8, 4) is 11.5 Å². The van der Waals surface area contributed by atoms with Gasteiger partial charge in [-0.15, -0.1) is 12.4 Å². The maximum absolute atomic E-state index is 11.3. The molecule has 0 aliphatic carbocycles. The average molecular weight is 289 g/mol. The summed E-state index contributed by atoms with van der Waals surface area (Å²) in [5, 5.41) is 2.76. The molecular formula is C13H21ClN2O3. The summed E-state index contributed by atoms with van der Waals surface area (Å²) in [5.41, 5.74) is 5.29. The Hall–Kier alpha value is -1.46. The summed E-state index contributed by atoms with van der Waals surface area (Å²) in [4.78, 5) is 11.3. The number of nitrogens with two attached hydrogens (primary N) is 1. The summed E-state index contributed by atoms with van der Waals surface area (Å²) in [6, 6.07) is 7.41. The fourth-order valence-electron chi connectivity index (χ4n) is 1.45. The van der Waals surface area contributed by atoms with Gasteiger partial charge in [0.25, 0.3) is 0 Å². The van der Waals surface area contributed by atoms with Crippen LogP contribution in [0.4, 0.5) is 0 Å². The lowest BCUT2D eigenvalue weighted by atomic mass is 10.3. The third kappa shape index (κ3) is 6.31. The Bertz CT molecular complexity index is 388. The molecule has 0 aliphatic rings. The Labute approximate surface area is 119 Å². The van der Waals surface area contributed by atoms with Gasteiger partial charge in [-0.2, -0.15) is 0 Å². The Morgan fingerprint density at radius 3 is 2.58 bits per heavy atom. The molecule has 0 aromatic heterocycles. The largest absolute Gasteiger partial charge is 0.493 e. The lowest BCUT2D eigenvalue weighted by Crippen LogP contribution is -2.34. The van der Waals surface area contributed by atoms with Crippen LogP contribution in [-0.2, 0) is 4.79 Å². The number of rotatable bonds is 7. The first kappa shape index (κ1) is 17.5. The Morgan fingerprint density at radius 1 is 1.37 bits per heavy atom. The van der Waals surface area contributed by atoms with Crippen LogP contribution in [0, 0.1) is 0 Å². The molecule has 0 saturated carbocycles. The van der Waals surface area contributed by atoms with E-state index in [1.807, 2.05) is 31.2 Å². The van der Waals surface area contributed by atoms with E-state index in [1.54, 1.807) is 7.11 Å². The number of methoxy groups -OCH3 is 1. The van der Waals surface area contributed by atoms with Gasteiger partial charge in [-0.05, 0) is 19.1 Å². The highest BCUT2D eigenvalue weighted by atomic mass is 35.5. The fourth-order valence-corrected chi connectivity index (χ4v) is 1.45. The SMILES string of the molecule is COc1ccccc1OC(C)CNC(=O)CCN.Cl. The van der Waals surface area contributed by atoms with E-state index >= 15 is 0 Å². The lowest BCUT2D eigenvalue weighted by Gasteiger charge is -2.17. The quantitative estimate of drug-likeness (QED) is 0.794. The molecular weight excluding hydrogens is 268 g/mol. The number of hydrogen-bond acceptors (Lipinski definition) is 4. The molecule has 0 spiro atoms. The van der Waals surface area contributed by atoms with Gasteiger partial charge in [-0.1, -0.05) is 12.1 Å². The maximum Gasteiger partial charge on any atom is 0.221 e. The highest BCUT2D eigenvalue weighted by Crippen LogP contribution is 2.26. The van der Waals surface area contributed by atoms with Crippen molar-refractivity contribution in [2.24, 2.45) is 5.73 Å². The third-order valence-electron chi connectivity index (χ3n) is 2.36. The van der Waals surface area contributed by atoms with Gasteiger partial charge in [0.15, 0.2) is 11.5 Å². The number of halogens is 1. The summed E-state index contributed by atoms with van der Waals surface area (Å²) in [5.74, 6) is 1.28. The van der Waals surface area contributed by atoms with E-state index < -0.39 is 0 Å². The first-order valence-electron chi connectivity index (χ1n) is 5.93. The van der Waals surface area contributed by atoms with Gasteiger partial charge >= 0.3 is 0 Å². The molecule has 0 heterocycles. The van der Waals surface area contributed by atoms with E-state index in [2.05, 4.69) is 5.32 Å². The molecule has 1 atom stereocenters.